The predicted molar refractivity (Wildman–Crippen MR) is 78.7 cm³/mol. The van der Waals surface area contributed by atoms with Gasteiger partial charge < -0.3 is 15.0 Å². The van der Waals surface area contributed by atoms with Crippen molar-refractivity contribution >= 4 is 7.12 Å². The normalized spacial score (nSPS) is 47.4. The summed E-state index contributed by atoms with van der Waals surface area (Å²) in [5, 5.41) is 0. The SMILES string of the molecule is CC1(C)[C@@H]2C[C@H]1[C@]1(C)OB([C@@H]([NH3+])CC3CCC3)O[C@@H]1C2. The van der Waals surface area contributed by atoms with E-state index in [0.717, 1.165) is 11.8 Å². The molecule has 0 unspecified atom stereocenters. The van der Waals surface area contributed by atoms with Crippen LogP contribution in [0, 0.1) is 23.2 Å². The van der Waals surface area contributed by atoms with E-state index in [4.69, 9.17) is 9.31 Å². The molecule has 5 rings (SSSR count). The van der Waals surface area contributed by atoms with Gasteiger partial charge >= 0.3 is 7.12 Å². The fraction of sp³-hybridized carbons (Fsp3) is 1.00. The van der Waals surface area contributed by atoms with Gasteiger partial charge in [-0.3, -0.25) is 0 Å². The average Bonchev–Trinajstić information content (AvgIpc) is 2.70. The van der Waals surface area contributed by atoms with Gasteiger partial charge in [0.25, 0.3) is 0 Å². The van der Waals surface area contributed by atoms with E-state index >= 15 is 0 Å². The molecule has 3 N–H and O–H groups in total. The van der Waals surface area contributed by atoms with Gasteiger partial charge in [-0.25, -0.2) is 0 Å². The molecule has 1 heterocycles. The number of quaternary nitrogens is 1. The molecule has 2 bridgehead atoms. The molecule has 20 heavy (non-hydrogen) atoms. The van der Waals surface area contributed by atoms with Crippen molar-refractivity contribution in [1.82, 2.24) is 0 Å². The highest BCUT2D eigenvalue weighted by atomic mass is 16.7. The lowest BCUT2D eigenvalue weighted by molar-refractivity contribution is -0.401. The van der Waals surface area contributed by atoms with Crippen LogP contribution in [0.3, 0.4) is 0 Å². The lowest BCUT2D eigenvalue weighted by Gasteiger charge is -2.64. The molecule has 1 saturated heterocycles. The minimum absolute atomic E-state index is 0.0549. The van der Waals surface area contributed by atoms with Crippen LogP contribution in [0.5, 0.6) is 0 Å². The Labute approximate surface area is 123 Å². The van der Waals surface area contributed by atoms with Crippen LogP contribution < -0.4 is 5.73 Å². The first-order chi connectivity index (χ1) is 9.41. The number of hydrogen-bond acceptors (Lipinski definition) is 2. The summed E-state index contributed by atoms with van der Waals surface area (Å²) in [6, 6.07) is 0. The van der Waals surface area contributed by atoms with Crippen molar-refractivity contribution in [3.8, 4) is 0 Å². The quantitative estimate of drug-likeness (QED) is 0.803. The molecule has 3 nitrogen and oxygen atoms in total. The van der Waals surface area contributed by atoms with Crippen molar-refractivity contribution in [2.45, 2.75) is 76.9 Å². The first kappa shape index (κ1) is 13.6. The Bertz CT molecular complexity index is 411. The van der Waals surface area contributed by atoms with Crippen molar-refractivity contribution in [2.75, 3.05) is 0 Å². The second-order valence-electron chi connectivity index (χ2n) is 8.63. The molecule has 112 valence electrons. The second-order valence-corrected chi connectivity index (χ2v) is 8.63. The molecule has 0 aromatic rings. The smallest absolute Gasteiger partial charge is 0.401 e. The van der Waals surface area contributed by atoms with E-state index in [0.29, 0.717) is 23.4 Å². The van der Waals surface area contributed by atoms with Crippen molar-refractivity contribution in [3.63, 3.8) is 0 Å². The predicted octanol–water partition coefficient (Wildman–Crippen LogP) is 2.05. The average molecular weight is 278 g/mol. The van der Waals surface area contributed by atoms with Crippen molar-refractivity contribution in [2.24, 2.45) is 23.2 Å². The second kappa shape index (κ2) is 4.24. The fourth-order valence-electron chi connectivity index (χ4n) is 5.37. The molecule has 0 spiro atoms. The zero-order valence-electron chi connectivity index (χ0n) is 13.2. The van der Waals surface area contributed by atoms with Crippen LogP contribution in [0.4, 0.5) is 0 Å². The molecule has 4 heteroatoms. The van der Waals surface area contributed by atoms with Gasteiger partial charge in [-0.2, -0.15) is 0 Å². The Morgan fingerprint density at radius 1 is 1.25 bits per heavy atom. The summed E-state index contributed by atoms with van der Waals surface area (Å²) in [5.74, 6) is 2.69. The zero-order chi connectivity index (χ0) is 14.1. The minimum atomic E-state index is -0.0571. The van der Waals surface area contributed by atoms with E-state index in [1.165, 1.54) is 38.5 Å². The third-order valence-electron chi connectivity index (χ3n) is 7.21. The highest BCUT2D eigenvalue weighted by Gasteiger charge is 2.68. The number of rotatable bonds is 3. The van der Waals surface area contributed by atoms with Crippen molar-refractivity contribution in [1.29, 1.82) is 0 Å². The van der Waals surface area contributed by atoms with Gasteiger partial charge in [0.2, 0.25) is 0 Å². The monoisotopic (exact) mass is 278 g/mol. The van der Waals surface area contributed by atoms with Crippen LogP contribution in [0.15, 0.2) is 0 Å². The van der Waals surface area contributed by atoms with Gasteiger partial charge in [0.05, 0.1) is 11.7 Å². The molecule has 5 aliphatic rings. The largest absolute Gasteiger partial charge is 0.521 e. The van der Waals surface area contributed by atoms with Crippen molar-refractivity contribution in [3.05, 3.63) is 0 Å². The molecular formula is C16H29BNO2+. The standard InChI is InChI=1S/C16H28BNO2/c1-15(2)11-8-12(15)16(3)13(9-11)19-17(20-16)14(18)7-10-5-4-6-10/h10-14H,4-9,18H2,1-3H3/p+1/t11-,12-,13-,14+,16+/m1/s1. The molecule has 4 aliphatic carbocycles. The number of hydrogen-bond donors (Lipinski definition) is 1. The van der Waals surface area contributed by atoms with Crippen LogP contribution in [0.1, 0.15) is 59.3 Å². The van der Waals surface area contributed by atoms with Crippen LogP contribution in [-0.2, 0) is 9.31 Å². The molecule has 4 saturated carbocycles. The molecule has 0 aromatic carbocycles. The molecule has 1 aliphatic heterocycles. The van der Waals surface area contributed by atoms with Crippen LogP contribution >= 0.6 is 0 Å². The topological polar surface area (TPSA) is 46.1 Å². The lowest BCUT2D eigenvalue weighted by Crippen LogP contribution is -2.70. The van der Waals surface area contributed by atoms with Gasteiger partial charge in [-0.15, -0.1) is 0 Å². The maximum atomic E-state index is 6.49. The minimum Gasteiger partial charge on any atom is -0.401 e. The maximum Gasteiger partial charge on any atom is 0.521 e. The first-order valence-electron chi connectivity index (χ1n) is 8.57. The van der Waals surface area contributed by atoms with E-state index in [9.17, 15) is 0 Å². The summed E-state index contributed by atoms with van der Waals surface area (Å²) < 4.78 is 12.8. The summed E-state index contributed by atoms with van der Waals surface area (Å²) in [6.07, 6.45) is 8.20. The highest BCUT2D eigenvalue weighted by Crippen LogP contribution is 2.65. The van der Waals surface area contributed by atoms with Crippen LogP contribution in [0.25, 0.3) is 0 Å². The molecule has 5 atom stereocenters. The van der Waals surface area contributed by atoms with Crippen molar-refractivity contribution < 1.29 is 15.0 Å². The van der Waals surface area contributed by atoms with Gasteiger partial charge in [-0.1, -0.05) is 33.1 Å². The van der Waals surface area contributed by atoms with E-state index in [1.807, 2.05) is 0 Å². The Morgan fingerprint density at radius 3 is 2.60 bits per heavy atom. The van der Waals surface area contributed by atoms with Gasteiger partial charge in [0.1, 0.15) is 5.94 Å². The zero-order valence-corrected chi connectivity index (χ0v) is 13.2. The summed E-state index contributed by atoms with van der Waals surface area (Å²) in [7, 11) is -0.0549. The van der Waals surface area contributed by atoms with Gasteiger partial charge in [-0.05, 0) is 42.9 Å². The summed E-state index contributed by atoms with van der Waals surface area (Å²) in [4.78, 5) is 0. The van der Waals surface area contributed by atoms with Gasteiger partial charge in [0, 0.05) is 6.42 Å². The Morgan fingerprint density at radius 2 is 2.00 bits per heavy atom. The molecule has 0 aromatic heterocycles. The summed E-state index contributed by atoms with van der Waals surface area (Å²) >= 11 is 0. The molecule has 5 fully saturated rings. The summed E-state index contributed by atoms with van der Waals surface area (Å²) in [6.45, 7) is 7.13. The van der Waals surface area contributed by atoms with Gasteiger partial charge in [0.15, 0.2) is 0 Å². The first-order valence-corrected chi connectivity index (χ1v) is 8.57. The van der Waals surface area contributed by atoms with Crippen LogP contribution in [-0.4, -0.2) is 24.8 Å². The molecular weight excluding hydrogens is 249 g/mol. The highest BCUT2D eigenvalue weighted by molar-refractivity contribution is 6.46. The maximum absolute atomic E-state index is 6.49. The Hall–Kier alpha value is -0.0551. The third-order valence-corrected chi connectivity index (χ3v) is 7.21. The van der Waals surface area contributed by atoms with Crippen LogP contribution in [0.2, 0.25) is 0 Å². The van der Waals surface area contributed by atoms with E-state index in [2.05, 4.69) is 26.5 Å². The fourth-order valence-corrected chi connectivity index (χ4v) is 5.37. The Kier molecular flexibility index (Phi) is 2.88. The van der Waals surface area contributed by atoms with E-state index in [1.54, 1.807) is 0 Å². The lowest BCUT2D eigenvalue weighted by atomic mass is 9.43. The summed E-state index contributed by atoms with van der Waals surface area (Å²) in [5.41, 5.74) is 4.74. The Balaban J connectivity index is 1.46. The van der Waals surface area contributed by atoms with E-state index in [-0.39, 0.29) is 12.7 Å². The van der Waals surface area contributed by atoms with E-state index < -0.39 is 0 Å². The molecule has 0 radical (unpaired) electrons. The molecule has 0 amide bonds. The third kappa shape index (κ3) is 1.71.